The minimum absolute atomic E-state index is 0.0542. The van der Waals surface area contributed by atoms with Gasteiger partial charge >= 0.3 is 0 Å². The van der Waals surface area contributed by atoms with Crippen molar-refractivity contribution in [3.8, 4) is 11.5 Å². The van der Waals surface area contributed by atoms with Gasteiger partial charge in [-0.05, 0) is 42.0 Å². The van der Waals surface area contributed by atoms with Gasteiger partial charge in [-0.15, -0.1) is 0 Å². The molecule has 3 rings (SSSR count). The van der Waals surface area contributed by atoms with Crippen LogP contribution in [-0.4, -0.2) is 23.2 Å². The van der Waals surface area contributed by atoms with Crippen LogP contribution in [0.15, 0.2) is 54.6 Å². The van der Waals surface area contributed by atoms with Crippen LogP contribution in [0.4, 0.5) is 0 Å². The average molecular weight is 494 g/mol. The van der Waals surface area contributed by atoms with Crippen LogP contribution in [0.3, 0.4) is 0 Å². The van der Waals surface area contributed by atoms with Crippen molar-refractivity contribution in [1.82, 2.24) is 0 Å². The summed E-state index contributed by atoms with van der Waals surface area (Å²) in [6.45, 7) is 0. The lowest BCUT2D eigenvalue weighted by molar-refractivity contribution is 0.440. The van der Waals surface area contributed by atoms with Crippen LogP contribution in [0, 0.1) is 0 Å². The largest absolute Gasteiger partial charge is 0.508 e. The summed E-state index contributed by atoms with van der Waals surface area (Å²) in [7, 11) is -5.11. The van der Waals surface area contributed by atoms with Gasteiger partial charge in [0.25, 0.3) is 10.1 Å². The summed E-state index contributed by atoms with van der Waals surface area (Å²) in [6, 6.07) is 11.5. The van der Waals surface area contributed by atoms with Crippen molar-refractivity contribution >= 4 is 56.5 Å². The van der Waals surface area contributed by atoms with Gasteiger partial charge < -0.3 is 10.2 Å². The van der Waals surface area contributed by atoms with Crippen LogP contribution in [0.2, 0.25) is 20.1 Å². The second-order valence-corrected chi connectivity index (χ2v) is 9.30. The molecular weight excluding hydrogens is 482 g/mol. The first-order chi connectivity index (χ1) is 13.5. The Labute approximate surface area is 186 Å². The molecule has 29 heavy (non-hydrogen) atoms. The van der Waals surface area contributed by atoms with Gasteiger partial charge in [0.15, 0.2) is 4.75 Å². The van der Waals surface area contributed by atoms with Crippen molar-refractivity contribution in [1.29, 1.82) is 0 Å². The number of hydrogen-bond donors (Lipinski definition) is 3. The maximum atomic E-state index is 13.0. The van der Waals surface area contributed by atoms with Crippen LogP contribution >= 0.6 is 46.4 Å². The number of phenolic OH excluding ortho intramolecular Hbond substituents is 2. The molecule has 0 saturated carbocycles. The molecule has 0 aliphatic carbocycles. The second kappa shape index (κ2) is 7.87. The summed E-state index contributed by atoms with van der Waals surface area (Å²) in [5, 5.41) is 20.1. The van der Waals surface area contributed by atoms with Crippen LogP contribution in [0.5, 0.6) is 11.5 Å². The van der Waals surface area contributed by atoms with Gasteiger partial charge in [-0.3, -0.25) is 4.55 Å². The third kappa shape index (κ3) is 3.65. The van der Waals surface area contributed by atoms with Gasteiger partial charge in [0, 0.05) is 26.2 Å². The molecular formula is C19H12Cl4O5S. The fourth-order valence-electron chi connectivity index (χ4n) is 3.20. The Morgan fingerprint density at radius 1 is 0.759 bits per heavy atom. The quantitative estimate of drug-likeness (QED) is 0.311. The maximum absolute atomic E-state index is 13.0. The highest BCUT2D eigenvalue weighted by Gasteiger charge is 2.52. The molecule has 5 nitrogen and oxygen atoms in total. The Hall–Kier alpha value is -1.67. The molecule has 0 spiro atoms. The van der Waals surface area contributed by atoms with E-state index in [1.54, 1.807) is 0 Å². The SMILES string of the molecule is O=S(=O)(O)C(c1ccc(O)cc1)(c1ccc(Cl)cc1Cl)c1c(Cl)ccc(Cl)c1O. The Balaban J connectivity index is 2.63. The van der Waals surface area contributed by atoms with Gasteiger partial charge in [0.1, 0.15) is 11.5 Å². The topological polar surface area (TPSA) is 94.8 Å². The third-order valence-corrected chi connectivity index (χ3v) is 7.00. The van der Waals surface area contributed by atoms with E-state index in [9.17, 15) is 23.2 Å². The Kier molecular flexibility index (Phi) is 5.98. The van der Waals surface area contributed by atoms with Crippen molar-refractivity contribution in [2.24, 2.45) is 0 Å². The number of aromatic hydroxyl groups is 2. The standard InChI is InChI=1S/C19H12Cl4O5S/c20-11-3-6-13(16(23)9-11)19(29(26,27)28,10-1-4-12(24)5-2-10)17-14(21)7-8-15(22)18(17)25/h1-9,24-25H,(H,26,27,28). The lowest BCUT2D eigenvalue weighted by atomic mass is 9.83. The molecule has 0 aromatic heterocycles. The molecule has 0 bridgehead atoms. The van der Waals surface area contributed by atoms with Gasteiger partial charge in [-0.1, -0.05) is 64.6 Å². The highest BCUT2D eigenvalue weighted by atomic mass is 35.5. The minimum Gasteiger partial charge on any atom is -0.508 e. The predicted molar refractivity (Wildman–Crippen MR) is 114 cm³/mol. The smallest absolute Gasteiger partial charge is 0.283 e. The molecule has 152 valence electrons. The van der Waals surface area contributed by atoms with Crippen LogP contribution < -0.4 is 0 Å². The van der Waals surface area contributed by atoms with E-state index < -0.39 is 26.2 Å². The normalized spacial score (nSPS) is 13.8. The summed E-state index contributed by atoms with van der Waals surface area (Å²) in [5.74, 6) is -0.808. The van der Waals surface area contributed by atoms with Gasteiger partial charge in [0.2, 0.25) is 0 Å². The maximum Gasteiger partial charge on any atom is 0.283 e. The van der Waals surface area contributed by atoms with E-state index in [4.69, 9.17) is 46.4 Å². The fraction of sp³-hybridized carbons (Fsp3) is 0.0526. The first kappa shape index (κ1) is 22.0. The molecule has 0 heterocycles. The lowest BCUT2D eigenvalue weighted by Gasteiger charge is -2.34. The van der Waals surface area contributed by atoms with Crippen molar-refractivity contribution in [3.63, 3.8) is 0 Å². The molecule has 0 aliphatic heterocycles. The van der Waals surface area contributed by atoms with E-state index in [0.717, 1.165) is 0 Å². The van der Waals surface area contributed by atoms with Crippen LogP contribution in [0.1, 0.15) is 16.7 Å². The van der Waals surface area contributed by atoms with E-state index in [1.807, 2.05) is 0 Å². The highest BCUT2D eigenvalue weighted by molar-refractivity contribution is 7.87. The van der Waals surface area contributed by atoms with Gasteiger partial charge in [-0.25, -0.2) is 0 Å². The Bertz CT molecular complexity index is 1200. The van der Waals surface area contributed by atoms with E-state index in [2.05, 4.69) is 0 Å². The number of hydrogen-bond acceptors (Lipinski definition) is 4. The molecule has 0 saturated heterocycles. The lowest BCUT2D eigenvalue weighted by Crippen LogP contribution is -2.39. The molecule has 3 N–H and O–H groups in total. The van der Waals surface area contributed by atoms with Crippen molar-refractivity contribution in [3.05, 3.63) is 91.4 Å². The molecule has 10 heteroatoms. The highest BCUT2D eigenvalue weighted by Crippen LogP contribution is 2.53. The van der Waals surface area contributed by atoms with Crippen molar-refractivity contribution in [2.45, 2.75) is 4.75 Å². The number of rotatable bonds is 4. The third-order valence-electron chi connectivity index (χ3n) is 4.40. The molecule has 1 atom stereocenters. The number of halogens is 4. The molecule has 0 fully saturated rings. The number of phenols is 2. The van der Waals surface area contributed by atoms with Crippen LogP contribution in [0.25, 0.3) is 0 Å². The Morgan fingerprint density at radius 2 is 1.34 bits per heavy atom. The molecule has 3 aromatic carbocycles. The molecule has 1 unspecified atom stereocenters. The first-order valence-corrected chi connectivity index (χ1v) is 10.8. The zero-order valence-corrected chi connectivity index (χ0v) is 18.1. The summed E-state index contributed by atoms with van der Waals surface area (Å²) in [6.07, 6.45) is 0. The molecule has 0 radical (unpaired) electrons. The predicted octanol–water partition coefficient (Wildman–Crippen LogP) is 5.89. The minimum atomic E-state index is -5.11. The van der Waals surface area contributed by atoms with E-state index in [-0.39, 0.29) is 37.0 Å². The van der Waals surface area contributed by atoms with Crippen LogP contribution in [-0.2, 0) is 14.9 Å². The van der Waals surface area contributed by atoms with Crippen molar-refractivity contribution in [2.75, 3.05) is 0 Å². The molecule has 0 amide bonds. The zero-order chi connectivity index (χ0) is 21.6. The second-order valence-electron chi connectivity index (χ2n) is 6.08. The van der Waals surface area contributed by atoms with Gasteiger partial charge in [0.05, 0.1) is 5.02 Å². The summed E-state index contributed by atoms with van der Waals surface area (Å²) in [5.41, 5.74) is -0.582. The molecule has 0 aliphatic rings. The average Bonchev–Trinajstić information content (AvgIpc) is 2.63. The molecule has 3 aromatic rings. The fourth-order valence-corrected chi connectivity index (χ4v) is 5.67. The monoisotopic (exact) mass is 492 g/mol. The first-order valence-electron chi connectivity index (χ1n) is 7.89. The summed E-state index contributed by atoms with van der Waals surface area (Å²) in [4.78, 5) is 0. The van der Waals surface area contributed by atoms with Crippen molar-refractivity contribution < 1.29 is 23.2 Å². The summed E-state index contributed by atoms with van der Waals surface area (Å²) < 4.78 is 34.0. The van der Waals surface area contributed by atoms with E-state index in [0.29, 0.717) is 0 Å². The zero-order valence-electron chi connectivity index (χ0n) is 14.3. The number of benzene rings is 3. The summed E-state index contributed by atoms with van der Waals surface area (Å²) >= 11 is 24.6. The van der Waals surface area contributed by atoms with E-state index >= 15 is 0 Å². The van der Waals surface area contributed by atoms with Gasteiger partial charge in [-0.2, -0.15) is 8.42 Å². The Morgan fingerprint density at radius 3 is 1.90 bits per heavy atom. The van der Waals surface area contributed by atoms with E-state index in [1.165, 1.54) is 54.6 Å².